The highest BCUT2D eigenvalue weighted by atomic mass is 19.1. The van der Waals surface area contributed by atoms with Gasteiger partial charge in [-0.25, -0.2) is 8.78 Å². The molecule has 2 aromatic carbocycles. The van der Waals surface area contributed by atoms with E-state index in [1.54, 1.807) is 24.3 Å². The van der Waals surface area contributed by atoms with Crippen molar-refractivity contribution in [1.82, 2.24) is 24.6 Å². The highest BCUT2D eigenvalue weighted by Gasteiger charge is 2.46. The number of nitrogens with zero attached hydrogens (tertiary/aromatic N) is 5. The lowest BCUT2D eigenvalue weighted by atomic mass is 9.94. The van der Waals surface area contributed by atoms with E-state index in [2.05, 4.69) is 30.7 Å². The molecule has 33 heavy (non-hydrogen) atoms. The monoisotopic (exact) mass is 443 g/mol. The van der Waals surface area contributed by atoms with Gasteiger partial charge in [0, 0.05) is 30.5 Å². The average Bonchev–Trinajstić information content (AvgIpc) is 3.35. The summed E-state index contributed by atoms with van der Waals surface area (Å²) in [6.07, 6.45) is 5.56. The predicted molar refractivity (Wildman–Crippen MR) is 120 cm³/mol. The molecule has 0 aliphatic carbocycles. The fourth-order valence-corrected chi connectivity index (χ4v) is 5.47. The molecule has 6 rings (SSSR count). The molecule has 4 aromatic rings. The number of benzene rings is 2. The fraction of sp³-hybridized carbons (Fsp3) is 0.269. The Bertz CT molecular complexity index is 1290. The third-order valence-corrected chi connectivity index (χ3v) is 6.79. The third-order valence-electron chi connectivity index (χ3n) is 6.79. The molecule has 0 radical (unpaired) electrons. The predicted octanol–water partition coefficient (Wildman–Crippen LogP) is 5.24. The summed E-state index contributed by atoms with van der Waals surface area (Å²) in [4.78, 5) is 6.70. The van der Waals surface area contributed by atoms with Crippen LogP contribution in [-0.2, 0) is 6.54 Å². The molecule has 2 bridgehead atoms. The number of hydrogen-bond acceptors (Lipinski definition) is 4. The second-order valence-corrected chi connectivity index (χ2v) is 8.95. The van der Waals surface area contributed by atoms with E-state index < -0.39 is 0 Å². The van der Waals surface area contributed by atoms with Gasteiger partial charge in [0.2, 0.25) is 0 Å². The van der Waals surface area contributed by atoms with Gasteiger partial charge >= 0.3 is 0 Å². The summed E-state index contributed by atoms with van der Waals surface area (Å²) in [7, 11) is 0. The van der Waals surface area contributed by atoms with Gasteiger partial charge in [-0.2, -0.15) is 0 Å². The molecule has 2 atom stereocenters. The minimum absolute atomic E-state index is 0.0132. The van der Waals surface area contributed by atoms with E-state index >= 15 is 0 Å². The SMILES string of the molecule is Cc1cncc(-c2nnc3n2CC2CCC3N2C(c2cccc(F)c2)c2cccc(F)c2)c1. The van der Waals surface area contributed by atoms with Crippen molar-refractivity contribution in [2.75, 3.05) is 0 Å². The van der Waals surface area contributed by atoms with Crippen molar-refractivity contribution < 1.29 is 8.78 Å². The van der Waals surface area contributed by atoms with Crippen molar-refractivity contribution in [3.63, 3.8) is 0 Å². The number of pyridine rings is 1. The molecule has 0 saturated carbocycles. The van der Waals surface area contributed by atoms with E-state index in [4.69, 9.17) is 0 Å². The van der Waals surface area contributed by atoms with Gasteiger partial charge in [0.1, 0.15) is 11.6 Å². The van der Waals surface area contributed by atoms with Crippen molar-refractivity contribution in [3.8, 4) is 11.4 Å². The topological polar surface area (TPSA) is 46.8 Å². The maximum atomic E-state index is 14.2. The van der Waals surface area contributed by atoms with E-state index in [1.807, 2.05) is 31.5 Å². The van der Waals surface area contributed by atoms with Gasteiger partial charge < -0.3 is 4.57 Å². The first-order valence-corrected chi connectivity index (χ1v) is 11.2. The molecule has 0 spiro atoms. The summed E-state index contributed by atoms with van der Waals surface area (Å²) < 4.78 is 30.7. The molecule has 1 saturated heterocycles. The Balaban J connectivity index is 1.46. The number of aromatic nitrogens is 4. The maximum Gasteiger partial charge on any atom is 0.165 e. The maximum absolute atomic E-state index is 14.2. The zero-order valence-electron chi connectivity index (χ0n) is 18.2. The van der Waals surface area contributed by atoms with Crippen LogP contribution in [0.1, 0.15) is 47.4 Å². The Hall–Kier alpha value is -3.45. The number of aryl methyl sites for hydroxylation is 1. The first-order valence-electron chi connectivity index (χ1n) is 11.2. The van der Waals surface area contributed by atoms with E-state index in [-0.39, 0.29) is 29.8 Å². The highest BCUT2D eigenvalue weighted by molar-refractivity contribution is 5.55. The molecule has 7 heteroatoms. The summed E-state index contributed by atoms with van der Waals surface area (Å²) in [5, 5.41) is 9.11. The van der Waals surface area contributed by atoms with E-state index in [0.29, 0.717) is 0 Å². The molecule has 4 heterocycles. The van der Waals surface area contributed by atoms with Gasteiger partial charge in [-0.1, -0.05) is 24.3 Å². The minimum atomic E-state index is -0.296. The molecule has 1 fully saturated rings. The lowest BCUT2D eigenvalue weighted by Crippen LogP contribution is -2.43. The van der Waals surface area contributed by atoms with E-state index in [0.717, 1.165) is 53.3 Å². The standard InChI is InChI=1S/C26H23F2N5/c1-16-10-19(14-29-13-16)25-30-31-26-23-9-8-22(15-32(25)26)33(23)24(17-4-2-6-20(27)11-17)18-5-3-7-21(28)12-18/h2-7,10-14,22-24H,8-9,15H2,1H3. The summed E-state index contributed by atoms with van der Waals surface area (Å²) >= 11 is 0. The fourth-order valence-electron chi connectivity index (χ4n) is 5.47. The van der Waals surface area contributed by atoms with Gasteiger partial charge in [0.25, 0.3) is 0 Å². The smallest absolute Gasteiger partial charge is 0.165 e. The molecule has 2 aliphatic heterocycles. The van der Waals surface area contributed by atoms with Crippen LogP contribution in [0.4, 0.5) is 8.78 Å². The number of rotatable bonds is 4. The first kappa shape index (κ1) is 20.2. The van der Waals surface area contributed by atoms with Crippen LogP contribution in [-0.4, -0.2) is 30.7 Å². The average molecular weight is 444 g/mol. The Labute approximate surface area is 190 Å². The lowest BCUT2D eigenvalue weighted by molar-refractivity contribution is 0.107. The summed E-state index contributed by atoms with van der Waals surface area (Å²) in [6, 6.07) is 15.3. The molecule has 0 amide bonds. The molecule has 2 aliphatic rings. The zero-order valence-corrected chi connectivity index (χ0v) is 18.2. The van der Waals surface area contributed by atoms with Crippen LogP contribution in [0.5, 0.6) is 0 Å². The Kier molecular flexibility index (Phi) is 4.80. The largest absolute Gasteiger partial charge is 0.308 e. The van der Waals surface area contributed by atoms with Crippen LogP contribution in [0.3, 0.4) is 0 Å². The number of hydrogen-bond donors (Lipinski definition) is 0. The van der Waals surface area contributed by atoms with Gasteiger partial charge in [-0.15, -0.1) is 10.2 Å². The van der Waals surface area contributed by atoms with Crippen LogP contribution in [0.2, 0.25) is 0 Å². The zero-order chi connectivity index (χ0) is 22.5. The molecular formula is C26H23F2N5. The van der Waals surface area contributed by atoms with Crippen molar-refractivity contribution in [2.24, 2.45) is 0 Å². The Morgan fingerprint density at radius 1 is 0.909 bits per heavy atom. The van der Waals surface area contributed by atoms with Crippen molar-refractivity contribution >= 4 is 0 Å². The lowest BCUT2D eigenvalue weighted by Gasteiger charge is -2.41. The normalized spacial score (nSPS) is 19.8. The highest BCUT2D eigenvalue weighted by Crippen LogP contribution is 2.48. The van der Waals surface area contributed by atoms with Crippen molar-refractivity contribution in [2.45, 2.75) is 44.4 Å². The van der Waals surface area contributed by atoms with Gasteiger partial charge in [-0.3, -0.25) is 9.88 Å². The van der Waals surface area contributed by atoms with Crippen molar-refractivity contribution in [1.29, 1.82) is 0 Å². The van der Waals surface area contributed by atoms with Gasteiger partial charge in [-0.05, 0) is 66.8 Å². The van der Waals surface area contributed by atoms with Crippen LogP contribution in [0, 0.1) is 18.6 Å². The van der Waals surface area contributed by atoms with Crippen LogP contribution in [0.15, 0.2) is 67.0 Å². The molecular weight excluding hydrogens is 420 g/mol. The molecule has 0 N–H and O–H groups in total. The summed E-state index contributed by atoms with van der Waals surface area (Å²) in [5.41, 5.74) is 3.65. The molecule has 2 aromatic heterocycles. The third kappa shape index (κ3) is 3.43. The van der Waals surface area contributed by atoms with Crippen LogP contribution < -0.4 is 0 Å². The number of fused-ring (bicyclic) bond motifs is 4. The second-order valence-electron chi connectivity index (χ2n) is 8.95. The minimum Gasteiger partial charge on any atom is -0.308 e. The van der Waals surface area contributed by atoms with Gasteiger partial charge in [0.05, 0.1) is 12.1 Å². The Morgan fingerprint density at radius 3 is 2.30 bits per heavy atom. The van der Waals surface area contributed by atoms with E-state index in [1.165, 1.54) is 12.1 Å². The second kappa shape index (κ2) is 7.85. The summed E-state index contributed by atoms with van der Waals surface area (Å²) in [5.74, 6) is 1.13. The van der Waals surface area contributed by atoms with Crippen LogP contribution >= 0.6 is 0 Å². The first-order chi connectivity index (χ1) is 16.1. The number of halogens is 2. The van der Waals surface area contributed by atoms with Gasteiger partial charge in [0.15, 0.2) is 11.6 Å². The van der Waals surface area contributed by atoms with E-state index in [9.17, 15) is 8.78 Å². The Morgan fingerprint density at radius 2 is 1.64 bits per heavy atom. The van der Waals surface area contributed by atoms with Crippen molar-refractivity contribution in [3.05, 3.63) is 101 Å². The molecule has 5 nitrogen and oxygen atoms in total. The summed E-state index contributed by atoms with van der Waals surface area (Å²) in [6.45, 7) is 2.74. The molecule has 166 valence electrons. The van der Waals surface area contributed by atoms with Crippen LogP contribution in [0.25, 0.3) is 11.4 Å². The molecule has 2 unspecified atom stereocenters. The quantitative estimate of drug-likeness (QED) is 0.433.